The quantitative estimate of drug-likeness (QED) is 0.850. The third-order valence-electron chi connectivity index (χ3n) is 1.44. The number of thioether (sulfide) groups is 1. The Kier molecular flexibility index (Phi) is 3.81. The maximum atomic E-state index is 10.3. The maximum Gasteiger partial charge on any atom is 0.313 e. The highest BCUT2D eigenvalue weighted by Crippen LogP contribution is 2.27. The number of carboxylic acids is 1. The van der Waals surface area contributed by atoms with Gasteiger partial charge in [0, 0.05) is 9.37 Å². The molecular formula is C9H9BrO2S. The summed E-state index contributed by atoms with van der Waals surface area (Å²) in [6.07, 6.45) is 0. The molecule has 1 rings (SSSR count). The molecule has 0 aliphatic rings. The molecule has 0 amide bonds. The van der Waals surface area contributed by atoms with Gasteiger partial charge in [0.1, 0.15) is 0 Å². The summed E-state index contributed by atoms with van der Waals surface area (Å²) in [5.74, 6) is -0.695. The van der Waals surface area contributed by atoms with Crippen molar-refractivity contribution in [1.82, 2.24) is 0 Å². The summed E-state index contributed by atoms with van der Waals surface area (Å²) >= 11 is 4.70. The number of aryl methyl sites for hydroxylation is 1. The van der Waals surface area contributed by atoms with Crippen LogP contribution in [-0.4, -0.2) is 16.8 Å². The van der Waals surface area contributed by atoms with E-state index in [9.17, 15) is 4.79 Å². The van der Waals surface area contributed by atoms with Crippen LogP contribution in [0.15, 0.2) is 27.6 Å². The molecule has 0 fully saturated rings. The predicted molar refractivity (Wildman–Crippen MR) is 57.2 cm³/mol. The van der Waals surface area contributed by atoms with Gasteiger partial charge in [0.05, 0.1) is 5.75 Å². The molecule has 2 nitrogen and oxygen atoms in total. The summed E-state index contributed by atoms with van der Waals surface area (Å²) < 4.78 is 0.957. The molecule has 0 unspecified atom stereocenters. The monoisotopic (exact) mass is 260 g/mol. The summed E-state index contributed by atoms with van der Waals surface area (Å²) in [7, 11) is 0. The van der Waals surface area contributed by atoms with Gasteiger partial charge in [-0.1, -0.05) is 6.07 Å². The number of aliphatic carboxylic acids is 1. The van der Waals surface area contributed by atoms with Crippen LogP contribution in [0.5, 0.6) is 0 Å². The van der Waals surface area contributed by atoms with E-state index < -0.39 is 5.97 Å². The largest absolute Gasteiger partial charge is 0.481 e. The van der Waals surface area contributed by atoms with Crippen molar-refractivity contribution in [2.75, 3.05) is 5.75 Å². The zero-order chi connectivity index (χ0) is 9.84. The van der Waals surface area contributed by atoms with E-state index in [0.29, 0.717) is 0 Å². The summed E-state index contributed by atoms with van der Waals surface area (Å²) in [6, 6.07) is 5.87. The Hall–Kier alpha value is -0.480. The van der Waals surface area contributed by atoms with Crippen LogP contribution in [0.3, 0.4) is 0 Å². The second-order valence-electron chi connectivity index (χ2n) is 2.62. The number of hydrogen-bond acceptors (Lipinski definition) is 2. The van der Waals surface area contributed by atoms with Crippen LogP contribution in [-0.2, 0) is 4.79 Å². The van der Waals surface area contributed by atoms with Gasteiger partial charge in [0.2, 0.25) is 0 Å². The Balaban J connectivity index is 2.72. The van der Waals surface area contributed by atoms with Crippen LogP contribution in [0.4, 0.5) is 0 Å². The maximum absolute atomic E-state index is 10.3. The van der Waals surface area contributed by atoms with E-state index in [4.69, 9.17) is 5.11 Å². The number of benzene rings is 1. The van der Waals surface area contributed by atoms with E-state index in [2.05, 4.69) is 15.9 Å². The first-order valence-corrected chi connectivity index (χ1v) is 5.48. The molecule has 70 valence electrons. The Labute approximate surface area is 89.5 Å². The van der Waals surface area contributed by atoms with Crippen LogP contribution >= 0.6 is 27.7 Å². The SMILES string of the molecule is Cc1ccc(SCC(=O)O)c(Br)c1. The molecule has 0 saturated heterocycles. The molecule has 0 heterocycles. The summed E-state index contributed by atoms with van der Waals surface area (Å²) in [4.78, 5) is 11.3. The molecule has 1 aromatic carbocycles. The Bertz CT molecular complexity index is 325. The third-order valence-corrected chi connectivity index (χ3v) is 3.42. The Morgan fingerprint density at radius 2 is 2.31 bits per heavy atom. The first-order chi connectivity index (χ1) is 6.09. The van der Waals surface area contributed by atoms with Gasteiger partial charge in [-0.3, -0.25) is 4.79 Å². The van der Waals surface area contributed by atoms with E-state index >= 15 is 0 Å². The van der Waals surface area contributed by atoms with Crippen LogP contribution < -0.4 is 0 Å². The van der Waals surface area contributed by atoms with Crippen LogP contribution in [0.1, 0.15) is 5.56 Å². The van der Waals surface area contributed by atoms with E-state index in [0.717, 1.165) is 14.9 Å². The first-order valence-electron chi connectivity index (χ1n) is 3.70. The van der Waals surface area contributed by atoms with Crippen LogP contribution in [0.25, 0.3) is 0 Å². The third kappa shape index (κ3) is 3.40. The molecule has 0 aliphatic heterocycles. The molecule has 0 spiro atoms. The van der Waals surface area contributed by atoms with Gasteiger partial charge in [-0.25, -0.2) is 0 Å². The number of carboxylic acid groups (broad SMARTS) is 1. The van der Waals surface area contributed by atoms with E-state index in [-0.39, 0.29) is 5.75 Å². The van der Waals surface area contributed by atoms with Gasteiger partial charge in [-0.2, -0.15) is 0 Å². The molecule has 0 radical (unpaired) electrons. The van der Waals surface area contributed by atoms with E-state index in [1.54, 1.807) is 0 Å². The van der Waals surface area contributed by atoms with Crippen molar-refractivity contribution in [3.8, 4) is 0 Å². The normalized spacial score (nSPS) is 10.0. The highest BCUT2D eigenvalue weighted by atomic mass is 79.9. The fraction of sp³-hybridized carbons (Fsp3) is 0.222. The highest BCUT2D eigenvalue weighted by Gasteiger charge is 2.03. The van der Waals surface area contributed by atoms with Crippen molar-refractivity contribution >= 4 is 33.7 Å². The predicted octanol–water partition coefficient (Wildman–Crippen LogP) is 2.93. The highest BCUT2D eigenvalue weighted by molar-refractivity contribution is 9.10. The minimum Gasteiger partial charge on any atom is -0.481 e. The van der Waals surface area contributed by atoms with Gasteiger partial charge in [0.25, 0.3) is 0 Å². The van der Waals surface area contributed by atoms with E-state index in [1.807, 2.05) is 25.1 Å². The lowest BCUT2D eigenvalue weighted by Crippen LogP contribution is -1.97. The minimum absolute atomic E-state index is 0.0989. The van der Waals surface area contributed by atoms with Crippen LogP contribution in [0.2, 0.25) is 0 Å². The van der Waals surface area contributed by atoms with Crippen molar-refractivity contribution in [3.05, 3.63) is 28.2 Å². The lowest BCUT2D eigenvalue weighted by molar-refractivity contribution is -0.133. The topological polar surface area (TPSA) is 37.3 Å². The van der Waals surface area contributed by atoms with Crippen molar-refractivity contribution in [2.24, 2.45) is 0 Å². The molecule has 13 heavy (non-hydrogen) atoms. The molecule has 0 atom stereocenters. The minimum atomic E-state index is -0.794. The lowest BCUT2D eigenvalue weighted by Gasteiger charge is -2.02. The van der Waals surface area contributed by atoms with Crippen molar-refractivity contribution < 1.29 is 9.90 Å². The molecule has 0 bridgehead atoms. The lowest BCUT2D eigenvalue weighted by atomic mass is 10.2. The molecular weight excluding hydrogens is 252 g/mol. The Morgan fingerprint density at radius 1 is 1.62 bits per heavy atom. The van der Waals surface area contributed by atoms with E-state index in [1.165, 1.54) is 11.8 Å². The molecule has 0 aliphatic carbocycles. The fourth-order valence-electron chi connectivity index (χ4n) is 0.862. The Morgan fingerprint density at radius 3 is 2.85 bits per heavy atom. The second-order valence-corrected chi connectivity index (χ2v) is 4.49. The fourth-order valence-corrected chi connectivity index (χ4v) is 2.34. The summed E-state index contributed by atoms with van der Waals surface area (Å²) in [5.41, 5.74) is 1.16. The molecule has 4 heteroatoms. The zero-order valence-electron chi connectivity index (χ0n) is 7.08. The van der Waals surface area contributed by atoms with Gasteiger partial charge in [-0.15, -0.1) is 11.8 Å². The number of rotatable bonds is 3. The number of carbonyl (C=O) groups is 1. The summed E-state index contributed by atoms with van der Waals surface area (Å²) in [5, 5.41) is 8.48. The van der Waals surface area contributed by atoms with Crippen molar-refractivity contribution in [2.45, 2.75) is 11.8 Å². The second kappa shape index (κ2) is 4.67. The smallest absolute Gasteiger partial charge is 0.313 e. The zero-order valence-corrected chi connectivity index (χ0v) is 9.48. The van der Waals surface area contributed by atoms with Crippen molar-refractivity contribution in [3.63, 3.8) is 0 Å². The summed E-state index contributed by atoms with van der Waals surface area (Å²) in [6.45, 7) is 2.00. The molecule has 1 aromatic rings. The standard InChI is InChI=1S/C9H9BrO2S/c1-6-2-3-8(7(10)4-6)13-5-9(11)12/h2-4H,5H2,1H3,(H,11,12). The van der Waals surface area contributed by atoms with Gasteiger partial charge in [-0.05, 0) is 40.5 Å². The number of halogens is 1. The molecule has 0 aromatic heterocycles. The molecule has 1 N–H and O–H groups in total. The average Bonchev–Trinajstić information content (AvgIpc) is 2.02. The van der Waals surface area contributed by atoms with Gasteiger partial charge in [0.15, 0.2) is 0 Å². The molecule has 0 saturated carbocycles. The van der Waals surface area contributed by atoms with Gasteiger partial charge >= 0.3 is 5.97 Å². The number of hydrogen-bond donors (Lipinski definition) is 1. The average molecular weight is 261 g/mol. The van der Waals surface area contributed by atoms with Crippen LogP contribution in [0, 0.1) is 6.92 Å². The first kappa shape index (κ1) is 10.6. The van der Waals surface area contributed by atoms with Crippen molar-refractivity contribution in [1.29, 1.82) is 0 Å². The van der Waals surface area contributed by atoms with Gasteiger partial charge < -0.3 is 5.11 Å².